The molecule has 0 spiro atoms. The van der Waals surface area contributed by atoms with Crippen LogP contribution in [0.5, 0.6) is 0 Å². The number of aromatic nitrogens is 1. The lowest BCUT2D eigenvalue weighted by Crippen LogP contribution is -2.10. The summed E-state index contributed by atoms with van der Waals surface area (Å²) in [4.78, 5) is 17.0. The second-order valence-corrected chi connectivity index (χ2v) is 8.32. The van der Waals surface area contributed by atoms with Gasteiger partial charge in [0.2, 0.25) is 5.91 Å². The van der Waals surface area contributed by atoms with Gasteiger partial charge in [0.15, 0.2) is 0 Å². The molecule has 3 N–H and O–H groups in total. The van der Waals surface area contributed by atoms with Crippen molar-refractivity contribution in [3.05, 3.63) is 46.6 Å². The predicted octanol–water partition coefficient (Wildman–Crippen LogP) is 6.03. The summed E-state index contributed by atoms with van der Waals surface area (Å²) in [6, 6.07) is 9.79. The molecule has 1 aliphatic rings. The second-order valence-electron chi connectivity index (χ2n) is 5.49. The molecule has 8 heteroatoms. The van der Waals surface area contributed by atoms with E-state index in [2.05, 4.69) is 15.0 Å². The molecule has 0 aliphatic carbocycles. The van der Waals surface area contributed by atoms with E-state index in [9.17, 15) is 4.79 Å². The zero-order chi connectivity index (χ0) is 17.4. The summed E-state index contributed by atoms with van der Waals surface area (Å²) in [5.74, 6) is 0.863. The minimum atomic E-state index is 0.0572. The van der Waals surface area contributed by atoms with Crippen LogP contribution in [0.25, 0.3) is 10.9 Å². The molecule has 0 bridgehead atoms. The first-order valence-corrected chi connectivity index (χ1v) is 10.1. The first-order chi connectivity index (χ1) is 12.1. The maximum Gasteiger partial charge on any atom is 0.225 e. The van der Waals surface area contributed by atoms with Crippen LogP contribution in [0.1, 0.15) is 6.42 Å². The van der Waals surface area contributed by atoms with Crippen molar-refractivity contribution in [1.82, 2.24) is 4.98 Å². The van der Waals surface area contributed by atoms with Gasteiger partial charge >= 0.3 is 0 Å². The van der Waals surface area contributed by atoms with Crippen LogP contribution in [0.2, 0.25) is 10.0 Å². The van der Waals surface area contributed by atoms with Crippen LogP contribution in [0.4, 0.5) is 11.4 Å². The molecule has 3 aromatic rings. The molecule has 2 heterocycles. The maximum atomic E-state index is 11.7. The SMILES string of the molecule is O=C1CCSc2ccc(SNc3ccc(Cl)c4c(Cl)c[nH]c34)cc2N1. The smallest absolute Gasteiger partial charge is 0.225 e. The molecule has 0 saturated carbocycles. The lowest BCUT2D eigenvalue weighted by Gasteiger charge is -2.11. The third-order valence-corrected chi connectivity index (χ3v) is 6.33. The van der Waals surface area contributed by atoms with E-state index in [4.69, 9.17) is 23.2 Å². The first kappa shape index (κ1) is 17.0. The number of carbonyl (C=O) groups excluding carboxylic acids is 1. The topological polar surface area (TPSA) is 56.9 Å². The molecule has 4 rings (SSSR count). The van der Waals surface area contributed by atoms with Crippen molar-refractivity contribution in [2.45, 2.75) is 16.2 Å². The number of benzene rings is 2. The van der Waals surface area contributed by atoms with Gasteiger partial charge in [-0.15, -0.1) is 11.8 Å². The van der Waals surface area contributed by atoms with E-state index in [0.717, 1.165) is 37.8 Å². The first-order valence-electron chi connectivity index (χ1n) is 7.56. The molecule has 2 aromatic carbocycles. The molecular formula is C17H13Cl2N3OS2. The highest BCUT2D eigenvalue weighted by Crippen LogP contribution is 2.38. The van der Waals surface area contributed by atoms with Crippen LogP contribution in [-0.2, 0) is 4.79 Å². The fourth-order valence-corrected chi connectivity index (χ4v) is 4.84. The number of thioether (sulfide) groups is 1. The summed E-state index contributed by atoms with van der Waals surface area (Å²) in [7, 11) is 0. The molecular weight excluding hydrogens is 397 g/mol. The van der Waals surface area contributed by atoms with Crippen molar-refractivity contribution >= 4 is 75.1 Å². The molecule has 25 heavy (non-hydrogen) atoms. The number of H-pyrrole nitrogens is 1. The second kappa shape index (κ2) is 7.03. The van der Waals surface area contributed by atoms with E-state index in [1.165, 1.54) is 11.9 Å². The Morgan fingerprint density at radius 2 is 2.04 bits per heavy atom. The predicted molar refractivity (Wildman–Crippen MR) is 108 cm³/mol. The van der Waals surface area contributed by atoms with Gasteiger partial charge in [-0.3, -0.25) is 4.79 Å². The standard InChI is InChI=1S/C17H13Cl2N3OS2/c18-10-2-3-12(17-16(10)11(19)8-20-17)22-25-9-1-4-14-13(7-9)21-15(23)5-6-24-14/h1-4,7-8,20,22H,5-6H2,(H,21,23). The molecule has 0 unspecified atom stereocenters. The minimum Gasteiger partial charge on any atom is -0.358 e. The number of aromatic amines is 1. The Morgan fingerprint density at radius 1 is 1.16 bits per heavy atom. The van der Waals surface area contributed by atoms with Gasteiger partial charge in [0.1, 0.15) is 0 Å². The van der Waals surface area contributed by atoms with Gasteiger partial charge in [0.05, 0.1) is 26.9 Å². The Kier molecular flexibility index (Phi) is 4.78. The third kappa shape index (κ3) is 3.44. The summed E-state index contributed by atoms with van der Waals surface area (Å²) in [5.41, 5.74) is 2.62. The van der Waals surface area contributed by atoms with Crippen LogP contribution in [-0.4, -0.2) is 16.6 Å². The molecule has 1 amide bonds. The number of halogens is 2. The minimum absolute atomic E-state index is 0.0572. The molecule has 0 atom stereocenters. The van der Waals surface area contributed by atoms with Crippen LogP contribution in [0, 0.1) is 0 Å². The Morgan fingerprint density at radius 3 is 2.92 bits per heavy atom. The number of anilines is 2. The van der Waals surface area contributed by atoms with E-state index >= 15 is 0 Å². The number of carbonyl (C=O) groups is 1. The summed E-state index contributed by atoms with van der Waals surface area (Å²) < 4.78 is 3.33. The highest BCUT2D eigenvalue weighted by Gasteiger charge is 2.14. The number of rotatable bonds is 3. The van der Waals surface area contributed by atoms with E-state index in [0.29, 0.717) is 16.5 Å². The molecule has 0 saturated heterocycles. The molecule has 0 fully saturated rings. The Balaban J connectivity index is 1.58. The zero-order valence-corrected chi connectivity index (χ0v) is 16.0. The highest BCUT2D eigenvalue weighted by atomic mass is 35.5. The van der Waals surface area contributed by atoms with Gasteiger partial charge in [0.25, 0.3) is 0 Å². The number of amides is 1. The summed E-state index contributed by atoms with van der Waals surface area (Å²) in [6.45, 7) is 0. The van der Waals surface area contributed by atoms with Crippen molar-refractivity contribution in [2.24, 2.45) is 0 Å². The molecule has 4 nitrogen and oxygen atoms in total. The van der Waals surface area contributed by atoms with Crippen molar-refractivity contribution < 1.29 is 4.79 Å². The van der Waals surface area contributed by atoms with Crippen molar-refractivity contribution in [3.63, 3.8) is 0 Å². The van der Waals surface area contributed by atoms with Gasteiger partial charge in [0, 0.05) is 33.5 Å². The van der Waals surface area contributed by atoms with Crippen molar-refractivity contribution in [1.29, 1.82) is 0 Å². The molecule has 128 valence electrons. The number of hydrogen-bond acceptors (Lipinski definition) is 4. The van der Waals surface area contributed by atoms with E-state index in [1.807, 2.05) is 30.3 Å². The lowest BCUT2D eigenvalue weighted by atomic mass is 10.2. The number of nitrogens with one attached hydrogen (secondary N) is 3. The van der Waals surface area contributed by atoms with Gasteiger partial charge in [-0.25, -0.2) is 0 Å². The summed E-state index contributed by atoms with van der Waals surface area (Å²) in [6.07, 6.45) is 2.26. The van der Waals surface area contributed by atoms with Crippen LogP contribution in [0.15, 0.2) is 46.3 Å². The number of hydrogen-bond donors (Lipinski definition) is 3. The molecule has 0 radical (unpaired) electrons. The van der Waals surface area contributed by atoms with Gasteiger partial charge in [-0.05, 0) is 42.3 Å². The van der Waals surface area contributed by atoms with Crippen molar-refractivity contribution in [3.8, 4) is 0 Å². The Hall–Kier alpha value is -1.47. The van der Waals surface area contributed by atoms with E-state index < -0.39 is 0 Å². The average Bonchev–Trinajstić information content (AvgIpc) is 2.88. The molecule has 1 aromatic heterocycles. The zero-order valence-electron chi connectivity index (χ0n) is 12.9. The average molecular weight is 410 g/mol. The third-order valence-electron chi connectivity index (χ3n) is 3.83. The molecule has 1 aliphatic heterocycles. The Bertz CT molecular complexity index is 974. The largest absolute Gasteiger partial charge is 0.358 e. The highest BCUT2D eigenvalue weighted by molar-refractivity contribution is 8.00. The Labute approximate surface area is 163 Å². The van der Waals surface area contributed by atoms with E-state index in [1.54, 1.807) is 18.0 Å². The van der Waals surface area contributed by atoms with Crippen LogP contribution in [0.3, 0.4) is 0 Å². The summed E-state index contributed by atoms with van der Waals surface area (Å²) >= 11 is 15.6. The van der Waals surface area contributed by atoms with Crippen molar-refractivity contribution in [2.75, 3.05) is 15.8 Å². The maximum absolute atomic E-state index is 11.7. The van der Waals surface area contributed by atoms with E-state index in [-0.39, 0.29) is 5.91 Å². The quantitative estimate of drug-likeness (QED) is 0.462. The monoisotopic (exact) mass is 409 g/mol. The summed E-state index contributed by atoms with van der Waals surface area (Å²) in [5, 5.41) is 4.97. The van der Waals surface area contributed by atoms with Gasteiger partial charge in [-0.1, -0.05) is 23.2 Å². The van der Waals surface area contributed by atoms with Gasteiger partial charge < -0.3 is 15.0 Å². The fourth-order valence-electron chi connectivity index (χ4n) is 2.63. The van der Waals surface area contributed by atoms with Crippen LogP contribution < -0.4 is 10.0 Å². The van der Waals surface area contributed by atoms with Gasteiger partial charge in [-0.2, -0.15) is 0 Å². The van der Waals surface area contributed by atoms with Crippen LogP contribution >= 0.6 is 46.9 Å². The number of fused-ring (bicyclic) bond motifs is 2. The normalized spacial score (nSPS) is 14.1. The fraction of sp³-hybridized carbons (Fsp3) is 0.118. The lowest BCUT2D eigenvalue weighted by molar-refractivity contribution is -0.115.